The van der Waals surface area contributed by atoms with Gasteiger partial charge in [-0.1, -0.05) is 18.2 Å². The quantitative estimate of drug-likeness (QED) is 0.628. The van der Waals surface area contributed by atoms with Gasteiger partial charge in [-0.25, -0.2) is 0 Å². The van der Waals surface area contributed by atoms with Gasteiger partial charge in [0, 0.05) is 11.2 Å². The Bertz CT molecular complexity index is 432. The molecule has 0 spiro atoms. The molecule has 2 N–H and O–H groups in total. The van der Waals surface area contributed by atoms with Crippen molar-refractivity contribution in [1.29, 1.82) is 0 Å². The highest BCUT2D eigenvalue weighted by Gasteiger charge is 1.97. The molecular weight excluding hydrogens is 178 g/mol. The van der Waals surface area contributed by atoms with Gasteiger partial charge >= 0.3 is 0 Å². The Hall–Kier alpha value is -1.77. The molecule has 0 aliphatic carbocycles. The second kappa shape index (κ2) is 4.46. The molecule has 2 rings (SSSR count). The monoisotopic (exact) mass is 191 g/mol. The number of carboxylic acid groups (broad SMARTS) is 1. The van der Waals surface area contributed by atoms with Crippen molar-refractivity contribution in [3.63, 3.8) is 0 Å². The Morgan fingerprint density at radius 3 is 2.57 bits per heavy atom. The van der Waals surface area contributed by atoms with Crippen LogP contribution >= 0.6 is 0 Å². The Morgan fingerprint density at radius 2 is 2.00 bits per heavy atom. The number of rotatable bonds is 0. The average molecular weight is 191 g/mol. The highest BCUT2D eigenvalue weighted by Crippen LogP contribution is 2.17. The zero-order chi connectivity index (χ0) is 10.6. The van der Waals surface area contributed by atoms with E-state index in [1.807, 2.05) is 0 Å². The molecule has 3 nitrogen and oxygen atoms in total. The minimum absolute atomic E-state index is 0.250. The van der Waals surface area contributed by atoms with Crippen LogP contribution in [0, 0.1) is 13.8 Å². The summed E-state index contributed by atoms with van der Waals surface area (Å²) in [4.78, 5) is 11.7. The van der Waals surface area contributed by atoms with Crippen LogP contribution in [0.25, 0.3) is 10.9 Å². The summed E-state index contributed by atoms with van der Waals surface area (Å²) in [6.45, 7) is 3.96. The second-order valence-corrected chi connectivity index (χ2v) is 3.10. The van der Waals surface area contributed by atoms with Gasteiger partial charge in [0.05, 0.1) is 0 Å². The maximum Gasteiger partial charge on any atom is 0.290 e. The predicted molar refractivity (Wildman–Crippen MR) is 56.5 cm³/mol. The smallest absolute Gasteiger partial charge is 0.290 e. The molecule has 2 aromatic rings. The van der Waals surface area contributed by atoms with Crippen LogP contribution in [0.4, 0.5) is 0 Å². The maximum atomic E-state index is 8.36. The third-order valence-corrected chi connectivity index (χ3v) is 2.00. The third-order valence-electron chi connectivity index (χ3n) is 2.00. The van der Waals surface area contributed by atoms with Gasteiger partial charge in [-0.15, -0.1) is 0 Å². The number of nitrogens with one attached hydrogen (secondary N) is 1. The average Bonchev–Trinajstić information content (AvgIpc) is 2.48. The molecule has 3 heteroatoms. The van der Waals surface area contributed by atoms with Gasteiger partial charge in [0.1, 0.15) is 0 Å². The molecule has 0 radical (unpaired) electrons. The van der Waals surface area contributed by atoms with Gasteiger partial charge in [-0.3, -0.25) is 4.79 Å². The molecule has 0 saturated carbocycles. The SMILES string of the molecule is Cc1cc2cccc(C)c2[nH]1.O=CO. The van der Waals surface area contributed by atoms with E-state index >= 15 is 0 Å². The molecule has 0 fully saturated rings. The van der Waals surface area contributed by atoms with E-state index in [9.17, 15) is 0 Å². The van der Waals surface area contributed by atoms with E-state index in [4.69, 9.17) is 9.90 Å². The lowest BCUT2D eigenvalue weighted by atomic mass is 10.2. The number of aromatic nitrogens is 1. The van der Waals surface area contributed by atoms with Crippen LogP contribution in [0.5, 0.6) is 0 Å². The second-order valence-electron chi connectivity index (χ2n) is 3.10. The molecule has 0 unspecified atom stereocenters. The Labute approximate surface area is 82.4 Å². The number of fused-ring (bicyclic) bond motifs is 1. The van der Waals surface area contributed by atoms with Crippen LogP contribution in [0.3, 0.4) is 0 Å². The van der Waals surface area contributed by atoms with Gasteiger partial charge < -0.3 is 10.1 Å². The Kier molecular flexibility index (Phi) is 3.29. The number of benzene rings is 1. The predicted octanol–water partition coefficient (Wildman–Crippen LogP) is 2.49. The fraction of sp³-hybridized carbons (Fsp3) is 0.182. The third kappa shape index (κ3) is 2.13. The zero-order valence-corrected chi connectivity index (χ0v) is 8.24. The summed E-state index contributed by atoms with van der Waals surface area (Å²) in [7, 11) is 0. The molecule has 74 valence electrons. The first-order valence-electron chi connectivity index (χ1n) is 4.32. The van der Waals surface area contributed by atoms with Crippen molar-refractivity contribution in [2.75, 3.05) is 0 Å². The van der Waals surface area contributed by atoms with Gasteiger partial charge in [0.25, 0.3) is 6.47 Å². The summed E-state index contributed by atoms with van der Waals surface area (Å²) in [5, 5.41) is 8.20. The van der Waals surface area contributed by atoms with E-state index < -0.39 is 0 Å². The first kappa shape index (κ1) is 10.3. The Balaban J connectivity index is 0.000000293. The number of hydrogen-bond donors (Lipinski definition) is 2. The van der Waals surface area contributed by atoms with E-state index in [0.29, 0.717) is 0 Å². The molecule has 0 aliphatic heterocycles. The largest absolute Gasteiger partial charge is 0.483 e. The lowest BCUT2D eigenvalue weighted by Gasteiger charge is -1.92. The first-order chi connectivity index (χ1) is 6.69. The van der Waals surface area contributed by atoms with Crippen molar-refractivity contribution in [1.82, 2.24) is 4.98 Å². The number of H-pyrrole nitrogens is 1. The topological polar surface area (TPSA) is 53.1 Å². The maximum absolute atomic E-state index is 8.36. The standard InChI is InChI=1S/C10H11N.CH2O2/c1-7-4-3-5-9-6-8(2)11-10(7)9;2-1-3/h3-6,11H,1-2H3;1H,(H,2,3). The Morgan fingerprint density at radius 1 is 1.36 bits per heavy atom. The van der Waals surface area contributed by atoms with Crippen LogP contribution in [0.1, 0.15) is 11.3 Å². The molecular formula is C11H13NO2. The summed E-state index contributed by atoms with van der Waals surface area (Å²) in [5.74, 6) is 0. The molecule has 0 amide bonds. The van der Waals surface area contributed by atoms with Crippen molar-refractivity contribution in [2.45, 2.75) is 13.8 Å². The lowest BCUT2D eigenvalue weighted by Crippen LogP contribution is -1.74. The van der Waals surface area contributed by atoms with Crippen molar-refractivity contribution >= 4 is 17.4 Å². The summed E-state index contributed by atoms with van der Waals surface area (Å²) in [6, 6.07) is 8.51. The molecule has 14 heavy (non-hydrogen) atoms. The van der Waals surface area contributed by atoms with Crippen molar-refractivity contribution in [3.05, 3.63) is 35.5 Å². The highest BCUT2D eigenvalue weighted by atomic mass is 16.3. The summed E-state index contributed by atoms with van der Waals surface area (Å²) in [6.07, 6.45) is 0. The van der Waals surface area contributed by atoms with Gasteiger partial charge in [0.15, 0.2) is 0 Å². The van der Waals surface area contributed by atoms with Crippen LogP contribution < -0.4 is 0 Å². The molecule has 0 atom stereocenters. The van der Waals surface area contributed by atoms with Crippen molar-refractivity contribution in [3.8, 4) is 0 Å². The van der Waals surface area contributed by atoms with E-state index in [0.717, 1.165) is 0 Å². The van der Waals surface area contributed by atoms with Gasteiger partial charge in [-0.05, 0) is 30.9 Å². The van der Waals surface area contributed by atoms with Crippen LogP contribution in [0.15, 0.2) is 24.3 Å². The van der Waals surface area contributed by atoms with Crippen LogP contribution in [-0.2, 0) is 4.79 Å². The first-order valence-corrected chi connectivity index (χ1v) is 4.32. The molecule has 1 heterocycles. The van der Waals surface area contributed by atoms with E-state index in [1.165, 1.54) is 22.2 Å². The fourth-order valence-corrected chi connectivity index (χ4v) is 1.45. The number of carbonyl (C=O) groups is 1. The van der Waals surface area contributed by atoms with Crippen LogP contribution in [0.2, 0.25) is 0 Å². The molecule has 1 aromatic carbocycles. The molecule has 0 bridgehead atoms. The summed E-state index contributed by atoms with van der Waals surface area (Å²) >= 11 is 0. The summed E-state index contributed by atoms with van der Waals surface area (Å²) in [5.41, 5.74) is 3.81. The van der Waals surface area contributed by atoms with Gasteiger partial charge in [-0.2, -0.15) is 0 Å². The molecule has 0 aliphatic rings. The lowest BCUT2D eigenvalue weighted by molar-refractivity contribution is -0.122. The minimum atomic E-state index is -0.250. The minimum Gasteiger partial charge on any atom is -0.483 e. The van der Waals surface area contributed by atoms with Gasteiger partial charge in [0.2, 0.25) is 0 Å². The highest BCUT2D eigenvalue weighted by molar-refractivity contribution is 5.83. The van der Waals surface area contributed by atoms with E-state index in [2.05, 4.69) is 43.1 Å². The number of aryl methyl sites for hydroxylation is 2. The zero-order valence-electron chi connectivity index (χ0n) is 8.24. The van der Waals surface area contributed by atoms with Crippen molar-refractivity contribution < 1.29 is 9.90 Å². The number of aromatic amines is 1. The van der Waals surface area contributed by atoms with E-state index in [1.54, 1.807) is 0 Å². The molecule has 1 aromatic heterocycles. The number of para-hydroxylation sites is 1. The fourth-order valence-electron chi connectivity index (χ4n) is 1.45. The van der Waals surface area contributed by atoms with Crippen molar-refractivity contribution in [2.24, 2.45) is 0 Å². The summed E-state index contributed by atoms with van der Waals surface area (Å²) < 4.78 is 0. The number of hydrogen-bond acceptors (Lipinski definition) is 1. The molecule has 0 saturated heterocycles. The normalized spacial score (nSPS) is 9.29. The van der Waals surface area contributed by atoms with E-state index in [-0.39, 0.29) is 6.47 Å². The van der Waals surface area contributed by atoms with Crippen LogP contribution in [-0.4, -0.2) is 16.6 Å².